The van der Waals surface area contributed by atoms with Crippen molar-refractivity contribution in [1.29, 1.82) is 0 Å². The number of unbranched alkanes of at least 4 members (excludes halogenated alkanes) is 2. The number of nitrogens with zero attached hydrogens (tertiary/aromatic N) is 1. The topological polar surface area (TPSA) is 186 Å². The van der Waals surface area contributed by atoms with Crippen molar-refractivity contribution in [3.63, 3.8) is 0 Å². The summed E-state index contributed by atoms with van der Waals surface area (Å²) in [7, 11) is 0. The van der Waals surface area contributed by atoms with E-state index in [1.165, 1.54) is 12.5 Å². The molecule has 0 bridgehead atoms. The van der Waals surface area contributed by atoms with Gasteiger partial charge in [-0.05, 0) is 81.6 Å². The van der Waals surface area contributed by atoms with E-state index in [1.54, 1.807) is 0 Å². The largest absolute Gasteiger partial charge is 0.464 e. The molecule has 4 N–H and O–H groups in total. The molecule has 1 fully saturated rings. The smallest absolute Gasteiger partial charge is 0.329 e. The molecular weight excluding hydrogens is 604 g/mol. The third kappa shape index (κ3) is 16.2. The number of aryl methyl sites for hydroxylation is 1. The minimum atomic E-state index is -0.988. The summed E-state index contributed by atoms with van der Waals surface area (Å²) in [4.78, 5) is 50.6. The van der Waals surface area contributed by atoms with E-state index in [1.807, 2.05) is 42.5 Å². The molecule has 0 spiro atoms. The molecule has 1 amide bonds. The number of allylic oxidation sites excluding steroid dienone is 2. The van der Waals surface area contributed by atoms with E-state index in [2.05, 4.69) is 10.2 Å². The molecule has 45 heavy (non-hydrogen) atoms. The second-order valence-electron chi connectivity index (χ2n) is 11.4. The summed E-state index contributed by atoms with van der Waals surface area (Å²) in [6.07, 6.45) is 8.10. The number of nitrogens with one attached hydrogen (secondary N) is 1. The summed E-state index contributed by atoms with van der Waals surface area (Å²) >= 11 is 0.945. The number of amides is 1. The first-order valence-corrected chi connectivity index (χ1v) is 16.6. The maximum Gasteiger partial charge on any atom is 0.329 e. The Morgan fingerprint density at radius 3 is 2.49 bits per heavy atom. The summed E-state index contributed by atoms with van der Waals surface area (Å²) < 4.78 is 5.13. The van der Waals surface area contributed by atoms with Crippen LogP contribution in [0.25, 0.3) is 0 Å². The zero-order valence-corrected chi connectivity index (χ0v) is 26.8. The van der Waals surface area contributed by atoms with Crippen molar-refractivity contribution < 1.29 is 44.4 Å². The van der Waals surface area contributed by atoms with Crippen molar-refractivity contribution in [2.75, 3.05) is 19.0 Å². The van der Waals surface area contributed by atoms with Gasteiger partial charge < -0.3 is 30.2 Å². The van der Waals surface area contributed by atoms with Crippen molar-refractivity contribution >= 4 is 28.8 Å². The van der Waals surface area contributed by atoms with Crippen LogP contribution in [0.15, 0.2) is 42.5 Å². The SMILES string of the molecule is CC(=O)NC(CSC(=O)CCCC=CC[C@@H]1[C@@H](CC[C@@H](O)CCc2ccccc2)[C@H](O)C[C@@H]1O)C(=O)OCCCCO[N+](=O)[O-]. The molecule has 13 heteroatoms. The van der Waals surface area contributed by atoms with Gasteiger partial charge in [0.15, 0.2) is 5.12 Å². The lowest BCUT2D eigenvalue weighted by Crippen LogP contribution is -2.43. The summed E-state index contributed by atoms with van der Waals surface area (Å²) in [6, 6.07) is 9.02. The number of rotatable bonds is 22. The fraction of sp³-hybridized carbons (Fsp3) is 0.656. The highest BCUT2D eigenvalue weighted by atomic mass is 32.2. The Balaban J connectivity index is 1.66. The summed E-state index contributed by atoms with van der Waals surface area (Å²) in [6.45, 7) is 1.17. The molecule has 0 aliphatic heterocycles. The molecule has 0 heterocycles. The van der Waals surface area contributed by atoms with E-state index in [-0.39, 0.29) is 42.3 Å². The number of carbonyl (C=O) groups is 3. The Morgan fingerprint density at radius 1 is 1.07 bits per heavy atom. The normalized spacial score (nSPS) is 20.9. The number of ether oxygens (including phenoxy) is 1. The van der Waals surface area contributed by atoms with E-state index in [9.17, 15) is 39.8 Å². The predicted molar refractivity (Wildman–Crippen MR) is 169 cm³/mol. The first kappa shape index (κ1) is 38.2. The van der Waals surface area contributed by atoms with E-state index in [4.69, 9.17) is 4.74 Å². The zero-order valence-electron chi connectivity index (χ0n) is 26.0. The van der Waals surface area contributed by atoms with Crippen LogP contribution in [0.2, 0.25) is 0 Å². The second kappa shape index (κ2) is 21.7. The van der Waals surface area contributed by atoms with Crippen LogP contribution in [-0.4, -0.2) is 80.7 Å². The van der Waals surface area contributed by atoms with E-state index < -0.39 is 41.3 Å². The first-order chi connectivity index (χ1) is 21.6. The van der Waals surface area contributed by atoms with Crippen LogP contribution in [0.1, 0.15) is 76.7 Å². The van der Waals surface area contributed by atoms with Gasteiger partial charge in [-0.2, -0.15) is 0 Å². The van der Waals surface area contributed by atoms with Gasteiger partial charge in [0, 0.05) is 19.1 Å². The highest BCUT2D eigenvalue weighted by Gasteiger charge is 2.40. The fourth-order valence-corrected chi connectivity index (χ4v) is 6.29. The molecule has 252 valence electrons. The molecule has 1 saturated carbocycles. The molecule has 2 rings (SSSR count). The van der Waals surface area contributed by atoms with Gasteiger partial charge >= 0.3 is 5.97 Å². The number of hydrogen-bond acceptors (Lipinski definition) is 11. The van der Waals surface area contributed by atoms with Gasteiger partial charge in [-0.15, -0.1) is 10.1 Å². The number of thioether (sulfide) groups is 1. The van der Waals surface area contributed by atoms with Crippen LogP contribution >= 0.6 is 11.8 Å². The van der Waals surface area contributed by atoms with Gasteiger partial charge in [0.25, 0.3) is 5.09 Å². The lowest BCUT2D eigenvalue weighted by atomic mass is 9.85. The second-order valence-corrected chi connectivity index (χ2v) is 12.5. The van der Waals surface area contributed by atoms with Gasteiger partial charge in [0.1, 0.15) is 6.04 Å². The molecule has 12 nitrogen and oxygen atoms in total. The van der Waals surface area contributed by atoms with E-state index in [0.717, 1.165) is 18.2 Å². The zero-order chi connectivity index (χ0) is 33.0. The van der Waals surface area contributed by atoms with Crippen molar-refractivity contribution in [3.05, 3.63) is 58.2 Å². The number of esters is 1. The molecule has 0 aromatic heterocycles. The summed E-state index contributed by atoms with van der Waals surface area (Å²) in [5.74, 6) is -1.25. The highest BCUT2D eigenvalue weighted by molar-refractivity contribution is 8.13. The molecule has 1 aromatic carbocycles. The monoisotopic (exact) mass is 652 g/mol. The highest BCUT2D eigenvalue weighted by Crippen LogP contribution is 2.38. The lowest BCUT2D eigenvalue weighted by Gasteiger charge is -2.23. The summed E-state index contributed by atoms with van der Waals surface area (Å²) in [5, 5.41) is 43.2. The van der Waals surface area contributed by atoms with Crippen LogP contribution in [0.4, 0.5) is 0 Å². The summed E-state index contributed by atoms with van der Waals surface area (Å²) in [5.41, 5.74) is 1.18. The van der Waals surface area contributed by atoms with Crippen molar-refractivity contribution in [2.24, 2.45) is 11.8 Å². The molecule has 1 aliphatic carbocycles. The van der Waals surface area contributed by atoms with E-state index >= 15 is 0 Å². The molecule has 0 radical (unpaired) electrons. The molecular formula is C32H48N2O10S. The molecule has 1 unspecified atom stereocenters. The van der Waals surface area contributed by atoms with Crippen molar-refractivity contribution in [1.82, 2.24) is 5.32 Å². The molecule has 1 aromatic rings. The quantitative estimate of drug-likeness (QED) is 0.0472. The molecule has 0 saturated heterocycles. The van der Waals surface area contributed by atoms with Crippen LogP contribution < -0.4 is 5.32 Å². The van der Waals surface area contributed by atoms with Crippen LogP contribution in [0.5, 0.6) is 0 Å². The Hall–Kier alpha value is -3.00. The third-order valence-electron chi connectivity index (χ3n) is 7.84. The minimum Gasteiger partial charge on any atom is -0.464 e. The van der Waals surface area contributed by atoms with Gasteiger partial charge in [0.05, 0.1) is 31.5 Å². The Labute approximate surface area is 269 Å². The van der Waals surface area contributed by atoms with Gasteiger partial charge in [-0.25, -0.2) is 4.79 Å². The Bertz CT molecular complexity index is 1070. The number of hydrogen-bond donors (Lipinski definition) is 4. The molecule has 6 atom stereocenters. The fourth-order valence-electron chi connectivity index (χ4n) is 5.43. The molecule has 1 aliphatic rings. The number of carbonyl (C=O) groups excluding carboxylic acids is 3. The van der Waals surface area contributed by atoms with Crippen molar-refractivity contribution in [3.8, 4) is 0 Å². The van der Waals surface area contributed by atoms with Crippen LogP contribution in [-0.2, 0) is 30.4 Å². The average molecular weight is 653 g/mol. The van der Waals surface area contributed by atoms with Gasteiger partial charge in [-0.1, -0.05) is 54.2 Å². The number of aliphatic hydroxyl groups is 3. The lowest BCUT2D eigenvalue weighted by molar-refractivity contribution is -0.757. The Kier molecular flexibility index (Phi) is 18.4. The minimum absolute atomic E-state index is 0.00917. The maximum absolute atomic E-state index is 12.4. The standard InChI is InChI=1S/C32H48N2O10S/c1-23(35)33-28(32(40)43-19-9-10-20-44-34(41)42)22-45-31(39)14-8-3-2-7-13-26-27(30(38)21-29(26)37)18-17-25(36)16-15-24-11-5-4-6-12-24/h2,4-7,11-12,25-30,36-38H,3,8-10,13-22H2,1H3,(H,33,35)/t25-,26+,27+,28?,29-,30+/m0/s1. The number of benzene rings is 1. The third-order valence-corrected chi connectivity index (χ3v) is 8.87. The Morgan fingerprint density at radius 2 is 1.78 bits per heavy atom. The van der Waals surface area contributed by atoms with Gasteiger partial charge in [-0.3, -0.25) is 9.59 Å². The average Bonchev–Trinajstić information content (AvgIpc) is 3.27. The predicted octanol–water partition coefficient (Wildman–Crippen LogP) is 3.53. The van der Waals surface area contributed by atoms with Crippen LogP contribution in [0.3, 0.4) is 0 Å². The first-order valence-electron chi connectivity index (χ1n) is 15.7. The maximum atomic E-state index is 12.4. The number of aliphatic hydroxyl groups excluding tert-OH is 3. The van der Waals surface area contributed by atoms with Crippen molar-refractivity contribution in [2.45, 2.75) is 102 Å². The van der Waals surface area contributed by atoms with E-state index in [0.29, 0.717) is 57.8 Å². The van der Waals surface area contributed by atoms with Gasteiger partial charge in [0.2, 0.25) is 5.91 Å². The van der Waals surface area contributed by atoms with Crippen LogP contribution in [0, 0.1) is 22.0 Å².